The Morgan fingerprint density at radius 1 is 1.13 bits per heavy atom. The monoisotopic (exact) mass is 634 g/mol. The third kappa shape index (κ3) is 4.38. The molecule has 5 atom stereocenters. The molecular formula is C36H35FN6O4. The Bertz CT molecular complexity index is 2010. The van der Waals surface area contributed by atoms with Crippen molar-refractivity contribution < 1.29 is 23.7 Å². The number of halogens is 1. The smallest absolute Gasteiger partial charge is 0.319 e. The fraction of sp³-hybridized carbons (Fsp3) is 0.472. The van der Waals surface area contributed by atoms with Crippen LogP contribution in [0.2, 0.25) is 0 Å². The first kappa shape index (κ1) is 27.8. The number of hydrogen-bond donors (Lipinski definition) is 2. The van der Waals surface area contributed by atoms with E-state index < -0.39 is 5.82 Å². The Kier molecular flexibility index (Phi) is 6.00. The van der Waals surface area contributed by atoms with E-state index in [1.54, 1.807) is 12.1 Å². The summed E-state index contributed by atoms with van der Waals surface area (Å²) in [5, 5.41) is 16.2. The number of fused-ring (bicyclic) bond motifs is 8. The van der Waals surface area contributed by atoms with E-state index in [-0.39, 0.29) is 46.3 Å². The molecule has 10 rings (SSSR count). The largest absolute Gasteiger partial charge is 0.508 e. The topological polar surface area (TPSA) is 105 Å². The van der Waals surface area contributed by atoms with Crippen molar-refractivity contribution in [1.29, 1.82) is 0 Å². The van der Waals surface area contributed by atoms with Gasteiger partial charge >= 0.3 is 6.01 Å². The molecule has 10 nitrogen and oxygen atoms in total. The first-order valence-electron chi connectivity index (χ1n) is 16.7. The van der Waals surface area contributed by atoms with Crippen LogP contribution in [0.4, 0.5) is 10.2 Å². The summed E-state index contributed by atoms with van der Waals surface area (Å²) in [6.45, 7) is 4.31. The second-order valence-corrected chi connectivity index (χ2v) is 14.3. The summed E-state index contributed by atoms with van der Waals surface area (Å²) in [7, 11) is 0. The normalized spacial score (nSPS) is 28.3. The van der Waals surface area contributed by atoms with Gasteiger partial charge in [-0.05, 0) is 55.7 Å². The second kappa shape index (κ2) is 10.1. The van der Waals surface area contributed by atoms with Crippen molar-refractivity contribution in [3.05, 3.63) is 41.7 Å². The van der Waals surface area contributed by atoms with Crippen LogP contribution in [0, 0.1) is 23.6 Å². The molecule has 4 aromatic rings. The van der Waals surface area contributed by atoms with Crippen molar-refractivity contribution in [1.82, 2.24) is 25.2 Å². The van der Waals surface area contributed by atoms with Crippen LogP contribution in [-0.2, 0) is 4.74 Å². The van der Waals surface area contributed by atoms with E-state index in [1.807, 2.05) is 12.1 Å². The van der Waals surface area contributed by atoms with E-state index in [0.717, 1.165) is 58.3 Å². The summed E-state index contributed by atoms with van der Waals surface area (Å²) in [4.78, 5) is 19.3. The van der Waals surface area contributed by atoms with Gasteiger partial charge in [0, 0.05) is 59.7 Å². The summed E-state index contributed by atoms with van der Waals surface area (Å²) in [5.74, 6) is 2.92. The predicted octanol–water partition coefficient (Wildman–Crippen LogP) is 4.00. The van der Waals surface area contributed by atoms with Crippen molar-refractivity contribution in [3.8, 4) is 41.2 Å². The molecule has 2 aromatic carbocycles. The van der Waals surface area contributed by atoms with Gasteiger partial charge in [0.25, 0.3) is 0 Å². The van der Waals surface area contributed by atoms with E-state index >= 15 is 4.39 Å². The molecule has 2 aromatic heterocycles. The first-order chi connectivity index (χ1) is 22.9. The van der Waals surface area contributed by atoms with Gasteiger partial charge < -0.3 is 29.5 Å². The molecule has 4 saturated heterocycles. The lowest BCUT2D eigenvalue weighted by atomic mass is 9.96. The maximum atomic E-state index is 17.1. The minimum Gasteiger partial charge on any atom is -0.508 e. The maximum Gasteiger partial charge on any atom is 0.319 e. The number of benzene rings is 2. The van der Waals surface area contributed by atoms with E-state index in [1.165, 1.54) is 6.07 Å². The standard InChI is InChI=1S/C36H35FN6O4/c1-2-19-4-3-5-20-10-23(44)12-25(28(19)20)31-30(37)32-29-33(43-13-21-6-7-26(38-21)27(43)16-46-34(29)39-31)41-35(40-32)47-18-36(8-9-36)17-42-14-24-11-22(42)15-45-24/h1,3-5,10,12,21-22,24,26-27,38,44H,6-9,11,13-18H2/t21-,22-,24-,26+,27-/m1/s1. The number of hydrogen-bond acceptors (Lipinski definition) is 10. The summed E-state index contributed by atoms with van der Waals surface area (Å²) in [6, 6.07) is 9.76. The highest BCUT2D eigenvalue weighted by molar-refractivity contribution is 6.04. The number of rotatable bonds is 6. The Morgan fingerprint density at radius 2 is 2.04 bits per heavy atom. The lowest BCUT2D eigenvalue weighted by molar-refractivity contribution is 0.0176. The van der Waals surface area contributed by atoms with Gasteiger partial charge in [-0.25, -0.2) is 9.37 Å². The molecule has 1 aliphatic carbocycles. The van der Waals surface area contributed by atoms with Gasteiger partial charge in [-0.2, -0.15) is 9.97 Å². The molecular weight excluding hydrogens is 599 g/mol. The molecule has 47 heavy (non-hydrogen) atoms. The maximum absolute atomic E-state index is 17.1. The number of nitrogens with one attached hydrogen (secondary N) is 1. The van der Waals surface area contributed by atoms with Gasteiger partial charge in [0.05, 0.1) is 25.4 Å². The number of piperazine rings is 1. The van der Waals surface area contributed by atoms with Gasteiger partial charge in [-0.3, -0.25) is 4.90 Å². The number of likely N-dealkylation sites (tertiary alicyclic amines) is 1. The molecule has 0 amide bonds. The molecule has 5 aliphatic heterocycles. The minimum atomic E-state index is -0.634. The van der Waals surface area contributed by atoms with Crippen LogP contribution in [0.3, 0.4) is 0 Å². The van der Waals surface area contributed by atoms with E-state index in [0.29, 0.717) is 64.5 Å². The van der Waals surface area contributed by atoms with Crippen LogP contribution in [0.15, 0.2) is 30.3 Å². The van der Waals surface area contributed by atoms with Crippen LogP contribution >= 0.6 is 0 Å². The SMILES string of the molecule is C#Cc1cccc2cc(O)cc(-c3nc4c5c(nc(OCC6(CN7C[C@H]8C[C@@H]7CO8)CC6)nc5c3F)N3C[C@H]5CC[C@H](N5)[C@H]3CO4)c12. The molecule has 7 heterocycles. The van der Waals surface area contributed by atoms with Gasteiger partial charge in [-0.15, -0.1) is 6.42 Å². The molecule has 240 valence electrons. The Balaban J connectivity index is 1.10. The Labute approximate surface area is 271 Å². The highest BCUT2D eigenvalue weighted by Crippen LogP contribution is 2.49. The zero-order chi connectivity index (χ0) is 31.4. The third-order valence-electron chi connectivity index (χ3n) is 11.3. The van der Waals surface area contributed by atoms with Crippen LogP contribution in [0.5, 0.6) is 17.6 Å². The van der Waals surface area contributed by atoms with Crippen LogP contribution in [-0.4, -0.2) is 94.7 Å². The molecule has 4 bridgehead atoms. The summed E-state index contributed by atoms with van der Waals surface area (Å²) < 4.78 is 35.7. The van der Waals surface area contributed by atoms with Gasteiger partial charge in [0.1, 0.15) is 34.8 Å². The quantitative estimate of drug-likeness (QED) is 0.303. The summed E-state index contributed by atoms with van der Waals surface area (Å²) in [5.41, 5.74) is 1.08. The average molecular weight is 635 g/mol. The van der Waals surface area contributed by atoms with Crippen molar-refractivity contribution in [3.63, 3.8) is 0 Å². The fourth-order valence-corrected chi connectivity index (χ4v) is 8.73. The number of terminal acetylenes is 1. The fourth-order valence-electron chi connectivity index (χ4n) is 8.73. The number of nitrogens with zero attached hydrogens (tertiary/aromatic N) is 5. The predicted molar refractivity (Wildman–Crippen MR) is 173 cm³/mol. The third-order valence-corrected chi connectivity index (χ3v) is 11.3. The molecule has 0 spiro atoms. The average Bonchev–Trinajstić information content (AvgIpc) is 3.34. The second-order valence-electron chi connectivity index (χ2n) is 14.3. The van der Waals surface area contributed by atoms with E-state index in [9.17, 15) is 5.11 Å². The Hall–Kier alpha value is -4.24. The van der Waals surface area contributed by atoms with Crippen molar-refractivity contribution >= 4 is 27.5 Å². The summed E-state index contributed by atoms with van der Waals surface area (Å²) in [6.07, 6.45) is 11.6. The number of morpholine rings is 1. The zero-order valence-corrected chi connectivity index (χ0v) is 25.9. The highest BCUT2D eigenvalue weighted by Gasteiger charge is 2.50. The highest BCUT2D eigenvalue weighted by atomic mass is 19.1. The number of ether oxygens (including phenoxy) is 3. The molecule has 6 aliphatic rings. The van der Waals surface area contributed by atoms with E-state index in [2.05, 4.69) is 21.0 Å². The van der Waals surface area contributed by atoms with Gasteiger partial charge in [0.2, 0.25) is 5.88 Å². The molecule has 1 saturated carbocycles. The van der Waals surface area contributed by atoms with Crippen molar-refractivity contribution in [2.45, 2.75) is 62.4 Å². The molecule has 0 radical (unpaired) electrons. The molecule has 0 unspecified atom stereocenters. The number of anilines is 1. The zero-order valence-electron chi connectivity index (χ0n) is 25.9. The molecule has 5 fully saturated rings. The summed E-state index contributed by atoms with van der Waals surface area (Å²) >= 11 is 0. The van der Waals surface area contributed by atoms with Crippen molar-refractivity contribution in [2.24, 2.45) is 5.41 Å². The minimum absolute atomic E-state index is 0.00219. The first-order valence-corrected chi connectivity index (χ1v) is 16.7. The van der Waals surface area contributed by atoms with Gasteiger partial charge in [-0.1, -0.05) is 18.1 Å². The van der Waals surface area contributed by atoms with E-state index in [4.69, 9.17) is 35.6 Å². The number of pyridine rings is 1. The number of phenolic OH excluding ortho intramolecular Hbond substituents is 1. The lowest BCUT2D eigenvalue weighted by Crippen LogP contribution is -2.60. The van der Waals surface area contributed by atoms with Crippen LogP contribution in [0.25, 0.3) is 32.9 Å². The van der Waals surface area contributed by atoms with Crippen LogP contribution < -0.4 is 19.7 Å². The van der Waals surface area contributed by atoms with Gasteiger partial charge in [0.15, 0.2) is 5.82 Å². The van der Waals surface area contributed by atoms with Crippen molar-refractivity contribution in [2.75, 3.05) is 44.4 Å². The Morgan fingerprint density at radius 3 is 2.85 bits per heavy atom. The lowest BCUT2D eigenvalue weighted by Gasteiger charge is -2.40. The van der Waals surface area contributed by atoms with Crippen LogP contribution in [0.1, 0.15) is 37.7 Å². The number of aromatic hydroxyl groups is 1. The number of phenols is 1. The molecule has 11 heteroatoms. The number of aromatic nitrogens is 3. The molecule has 2 N–H and O–H groups in total.